The maximum Gasteiger partial charge on any atom is 0.397 e. The maximum atomic E-state index is 11.7. The Morgan fingerprint density at radius 3 is 2.45 bits per heavy atom. The second-order valence-electron chi connectivity index (χ2n) is 8.69. The zero-order chi connectivity index (χ0) is 28.6. The van der Waals surface area contributed by atoms with Crippen LogP contribution in [0.25, 0.3) is 0 Å². The van der Waals surface area contributed by atoms with Crippen molar-refractivity contribution < 1.29 is 45.7 Å². The summed E-state index contributed by atoms with van der Waals surface area (Å²) in [5.74, 6) is -2.52. The van der Waals surface area contributed by atoms with Gasteiger partial charge in [0.05, 0.1) is 6.10 Å². The van der Waals surface area contributed by atoms with Crippen LogP contribution < -0.4 is 0 Å². The fourth-order valence-corrected chi connectivity index (χ4v) is 4.09. The second kappa shape index (κ2) is 17.5. The lowest BCUT2D eigenvalue weighted by molar-refractivity contribution is -0.158. The molecule has 0 aromatic rings. The second-order valence-corrected chi connectivity index (χ2v) is 9.74. The first-order valence-electron chi connectivity index (χ1n) is 12.5. The van der Waals surface area contributed by atoms with Gasteiger partial charge >= 0.3 is 28.3 Å². The van der Waals surface area contributed by atoms with Crippen molar-refractivity contribution >= 4 is 28.3 Å². The molecule has 1 rings (SSSR count). The van der Waals surface area contributed by atoms with Crippen molar-refractivity contribution in [3.63, 3.8) is 0 Å². The van der Waals surface area contributed by atoms with Crippen LogP contribution in [0.1, 0.15) is 59.8 Å². The van der Waals surface area contributed by atoms with Crippen LogP contribution in [0.15, 0.2) is 60.8 Å². The van der Waals surface area contributed by atoms with Crippen molar-refractivity contribution in [1.29, 1.82) is 0 Å². The van der Waals surface area contributed by atoms with Gasteiger partial charge in [-0.1, -0.05) is 63.1 Å². The van der Waals surface area contributed by atoms with Crippen LogP contribution in [0.5, 0.6) is 0 Å². The molecule has 1 heterocycles. The molecular weight excluding hydrogens is 516 g/mol. The van der Waals surface area contributed by atoms with E-state index >= 15 is 0 Å². The van der Waals surface area contributed by atoms with Gasteiger partial charge in [0, 0.05) is 25.8 Å². The summed E-state index contributed by atoms with van der Waals surface area (Å²) in [7, 11) is -4.85. The van der Waals surface area contributed by atoms with Gasteiger partial charge in [-0.15, -0.1) is 0 Å². The maximum absolute atomic E-state index is 11.7. The highest BCUT2D eigenvalue weighted by Gasteiger charge is 2.31. The van der Waals surface area contributed by atoms with Crippen molar-refractivity contribution in [3.05, 3.63) is 60.8 Å². The van der Waals surface area contributed by atoms with Crippen molar-refractivity contribution in [2.75, 3.05) is 0 Å². The van der Waals surface area contributed by atoms with Crippen LogP contribution >= 0.6 is 0 Å². The molecule has 0 aliphatic carbocycles. The van der Waals surface area contributed by atoms with Crippen LogP contribution in [0.3, 0.4) is 0 Å². The monoisotopic (exact) mass is 554 g/mol. The molecule has 5 unspecified atom stereocenters. The minimum absolute atomic E-state index is 0.0759. The average molecular weight is 555 g/mol. The summed E-state index contributed by atoms with van der Waals surface area (Å²) in [6, 6.07) is 0. The van der Waals surface area contributed by atoms with Gasteiger partial charge in [0.15, 0.2) is 12.2 Å². The van der Waals surface area contributed by atoms with Gasteiger partial charge in [0.2, 0.25) is 0 Å². The predicted molar refractivity (Wildman–Crippen MR) is 141 cm³/mol. The summed E-state index contributed by atoms with van der Waals surface area (Å²) in [6.45, 7) is 6.18. The largest absolute Gasteiger partial charge is 0.458 e. The van der Waals surface area contributed by atoms with Crippen LogP contribution in [-0.4, -0.2) is 55.3 Å². The summed E-state index contributed by atoms with van der Waals surface area (Å²) in [4.78, 5) is 34.7. The molecule has 0 radical (unpaired) electrons. The molecule has 5 atom stereocenters. The lowest BCUT2D eigenvalue weighted by Crippen LogP contribution is -2.36. The molecular formula is C27H38O10S. The van der Waals surface area contributed by atoms with E-state index in [0.717, 1.165) is 25.3 Å². The number of ether oxygens (including phenoxy) is 3. The first-order chi connectivity index (χ1) is 17.9. The molecule has 1 aliphatic heterocycles. The summed E-state index contributed by atoms with van der Waals surface area (Å²) in [6.07, 6.45) is 16.7. The van der Waals surface area contributed by atoms with E-state index in [0.29, 0.717) is 0 Å². The molecule has 0 spiro atoms. The summed E-state index contributed by atoms with van der Waals surface area (Å²) in [5.41, 5.74) is 0. The molecule has 0 amide bonds. The number of rotatable bonds is 16. The Labute approximate surface area is 225 Å². The van der Waals surface area contributed by atoms with Gasteiger partial charge in [-0.05, 0) is 37.5 Å². The number of hydrogen-bond acceptors (Lipinski definition) is 9. The normalized spacial score (nSPS) is 20.7. The third-order valence-electron chi connectivity index (χ3n) is 5.39. The Balaban J connectivity index is 2.99. The minimum Gasteiger partial charge on any atom is -0.458 e. The van der Waals surface area contributed by atoms with Crippen molar-refractivity contribution in [2.24, 2.45) is 5.92 Å². The SMILES string of the molecule is CCCCC/C=C/C=C\C=C/C(OC(C)=O)C(C)C(C/C=C/C1OC(=O)C=CC1OC(C)=O)OS(=O)(=O)O. The predicted octanol–water partition coefficient (Wildman–Crippen LogP) is 4.35. The lowest BCUT2D eigenvalue weighted by Gasteiger charge is -2.27. The molecule has 1 N–H and O–H groups in total. The smallest absolute Gasteiger partial charge is 0.397 e. The Hall–Kier alpha value is -3.02. The van der Waals surface area contributed by atoms with E-state index in [-0.39, 0.29) is 6.42 Å². The topological polar surface area (TPSA) is 142 Å². The van der Waals surface area contributed by atoms with Gasteiger partial charge < -0.3 is 14.2 Å². The molecule has 10 nitrogen and oxygen atoms in total. The van der Waals surface area contributed by atoms with Gasteiger partial charge in [0.1, 0.15) is 6.10 Å². The Kier molecular flexibility index (Phi) is 15.2. The van der Waals surface area contributed by atoms with Crippen molar-refractivity contribution in [1.82, 2.24) is 0 Å². The molecule has 212 valence electrons. The Morgan fingerprint density at radius 2 is 1.82 bits per heavy atom. The van der Waals surface area contributed by atoms with Crippen LogP contribution in [0, 0.1) is 5.92 Å². The zero-order valence-corrected chi connectivity index (χ0v) is 23.0. The third kappa shape index (κ3) is 14.7. The molecule has 0 bridgehead atoms. The molecule has 0 aromatic heterocycles. The summed E-state index contributed by atoms with van der Waals surface area (Å²) in [5, 5.41) is 0. The van der Waals surface area contributed by atoms with Crippen molar-refractivity contribution in [3.8, 4) is 0 Å². The molecule has 0 saturated carbocycles. The average Bonchev–Trinajstić information content (AvgIpc) is 2.81. The first kappa shape index (κ1) is 33.0. The first-order valence-corrected chi connectivity index (χ1v) is 13.8. The number of cyclic esters (lactones) is 1. The number of carbonyl (C=O) groups is 3. The molecule has 11 heteroatoms. The number of hydrogen-bond donors (Lipinski definition) is 1. The Morgan fingerprint density at radius 1 is 1.11 bits per heavy atom. The van der Waals surface area contributed by atoms with Crippen LogP contribution in [-0.2, 0) is 43.2 Å². The highest BCUT2D eigenvalue weighted by atomic mass is 32.3. The molecule has 0 saturated heterocycles. The van der Waals surface area contributed by atoms with Crippen LogP contribution in [0.4, 0.5) is 0 Å². The fourth-order valence-electron chi connectivity index (χ4n) is 3.53. The molecule has 1 aliphatic rings. The van der Waals surface area contributed by atoms with Crippen LogP contribution in [0.2, 0.25) is 0 Å². The van der Waals surface area contributed by atoms with Gasteiger partial charge in [-0.3, -0.25) is 14.1 Å². The van der Waals surface area contributed by atoms with E-state index in [1.807, 2.05) is 12.2 Å². The van der Waals surface area contributed by atoms with E-state index in [2.05, 4.69) is 13.0 Å². The molecule has 0 fully saturated rings. The van der Waals surface area contributed by atoms with Gasteiger partial charge in [0.25, 0.3) is 0 Å². The number of carbonyl (C=O) groups excluding carboxylic acids is 3. The number of unbranched alkanes of at least 4 members (excludes halogenated alkanes) is 3. The fraction of sp³-hybridized carbons (Fsp3) is 0.519. The highest BCUT2D eigenvalue weighted by molar-refractivity contribution is 7.80. The Bertz CT molecular complexity index is 1020. The quantitative estimate of drug-likeness (QED) is 0.0730. The van der Waals surface area contributed by atoms with E-state index in [4.69, 9.17) is 18.4 Å². The van der Waals surface area contributed by atoms with E-state index in [1.54, 1.807) is 25.2 Å². The van der Waals surface area contributed by atoms with E-state index in [1.165, 1.54) is 38.5 Å². The number of esters is 3. The zero-order valence-electron chi connectivity index (χ0n) is 22.2. The number of allylic oxidation sites excluding steroid dienone is 5. The van der Waals surface area contributed by atoms with Crippen molar-refractivity contribution in [2.45, 2.75) is 84.2 Å². The van der Waals surface area contributed by atoms with Gasteiger partial charge in [-0.25, -0.2) is 8.98 Å². The summed E-state index contributed by atoms with van der Waals surface area (Å²) >= 11 is 0. The van der Waals surface area contributed by atoms with E-state index in [9.17, 15) is 27.4 Å². The minimum atomic E-state index is -4.85. The highest BCUT2D eigenvalue weighted by Crippen LogP contribution is 2.23. The van der Waals surface area contributed by atoms with E-state index < -0.39 is 58.6 Å². The van der Waals surface area contributed by atoms with Gasteiger partial charge in [-0.2, -0.15) is 8.42 Å². The molecule has 0 aromatic carbocycles. The molecule has 38 heavy (non-hydrogen) atoms. The standard InChI is InChI=1S/C27H38O10S/c1-5-6-7-8-9-10-11-12-13-15-23(34-21(3)28)20(2)24(37-38(31,32)33)16-14-17-25-26(35-22(4)29)18-19-27(30)36-25/h9-15,17-20,23-26H,5-8,16H2,1-4H3,(H,31,32,33)/b10-9+,12-11-,15-13-,17-14+. The third-order valence-corrected chi connectivity index (χ3v) is 5.88. The summed E-state index contributed by atoms with van der Waals surface area (Å²) < 4.78 is 52.9. The lowest BCUT2D eigenvalue weighted by atomic mass is 9.94.